The number of H-pyrrole nitrogens is 2. The highest BCUT2D eigenvalue weighted by molar-refractivity contribution is 5.96. The average molecular weight is 316 g/mol. The summed E-state index contributed by atoms with van der Waals surface area (Å²) < 4.78 is 4.81. The molecule has 0 aliphatic carbocycles. The molecule has 3 N–H and O–H groups in total. The van der Waals surface area contributed by atoms with E-state index < -0.39 is 11.7 Å². The third-order valence-electron chi connectivity index (χ3n) is 2.83. The van der Waals surface area contributed by atoms with Crippen LogP contribution in [-0.2, 0) is 16.0 Å². The van der Waals surface area contributed by atoms with Crippen molar-refractivity contribution in [3.05, 3.63) is 57.8 Å². The number of aromatic amines is 2. The Hall–Kier alpha value is -3.16. The maximum Gasteiger partial charge on any atom is 0.357 e. The highest BCUT2D eigenvalue weighted by Gasteiger charge is 2.15. The smallest absolute Gasteiger partial charge is 0.357 e. The fourth-order valence-electron chi connectivity index (χ4n) is 1.85. The number of carbonyl (C=O) groups excluding carboxylic acids is 2. The van der Waals surface area contributed by atoms with Crippen LogP contribution in [-0.4, -0.2) is 34.7 Å². The SMILES string of the molecule is CCOC(=O)c1[nH]c(=O)[nH]c1/C=N\NC(=O)Cc1ccccc1. The lowest BCUT2D eigenvalue weighted by Crippen LogP contribution is -2.20. The summed E-state index contributed by atoms with van der Waals surface area (Å²) in [5.74, 6) is -0.995. The summed E-state index contributed by atoms with van der Waals surface area (Å²) in [4.78, 5) is 39.4. The van der Waals surface area contributed by atoms with Crippen LogP contribution < -0.4 is 11.1 Å². The molecule has 1 aromatic carbocycles. The van der Waals surface area contributed by atoms with Crippen LogP contribution >= 0.6 is 0 Å². The van der Waals surface area contributed by atoms with E-state index in [1.54, 1.807) is 6.92 Å². The Morgan fingerprint density at radius 2 is 2.00 bits per heavy atom. The summed E-state index contributed by atoms with van der Waals surface area (Å²) in [5, 5.41) is 3.73. The fourth-order valence-corrected chi connectivity index (χ4v) is 1.85. The minimum absolute atomic E-state index is 0.0436. The van der Waals surface area contributed by atoms with Crippen molar-refractivity contribution >= 4 is 18.1 Å². The summed E-state index contributed by atoms with van der Waals surface area (Å²) in [7, 11) is 0. The van der Waals surface area contributed by atoms with Gasteiger partial charge in [0.1, 0.15) is 0 Å². The first-order valence-corrected chi connectivity index (χ1v) is 6.95. The van der Waals surface area contributed by atoms with Crippen LogP contribution in [0.3, 0.4) is 0 Å². The number of hydrogen-bond donors (Lipinski definition) is 3. The van der Waals surface area contributed by atoms with Crippen LogP contribution in [0.5, 0.6) is 0 Å². The van der Waals surface area contributed by atoms with Gasteiger partial charge in [0.25, 0.3) is 0 Å². The first kappa shape index (κ1) is 16.2. The van der Waals surface area contributed by atoms with Crippen molar-refractivity contribution in [2.45, 2.75) is 13.3 Å². The second-order valence-electron chi connectivity index (χ2n) is 4.54. The van der Waals surface area contributed by atoms with Crippen molar-refractivity contribution in [2.24, 2.45) is 5.10 Å². The van der Waals surface area contributed by atoms with Crippen molar-refractivity contribution < 1.29 is 14.3 Å². The highest BCUT2D eigenvalue weighted by atomic mass is 16.5. The van der Waals surface area contributed by atoms with Gasteiger partial charge < -0.3 is 9.72 Å². The van der Waals surface area contributed by atoms with Crippen molar-refractivity contribution in [1.29, 1.82) is 0 Å². The third kappa shape index (κ3) is 4.67. The summed E-state index contributed by atoms with van der Waals surface area (Å²) in [6.07, 6.45) is 1.35. The summed E-state index contributed by atoms with van der Waals surface area (Å²) in [6, 6.07) is 9.18. The zero-order valence-electron chi connectivity index (χ0n) is 12.5. The molecule has 2 aromatic rings. The summed E-state index contributed by atoms with van der Waals surface area (Å²) in [6.45, 7) is 1.83. The minimum atomic E-state index is -0.678. The van der Waals surface area contributed by atoms with Gasteiger partial charge in [-0.1, -0.05) is 30.3 Å². The number of ether oxygens (including phenoxy) is 1. The van der Waals surface area contributed by atoms with Gasteiger partial charge in [0, 0.05) is 0 Å². The van der Waals surface area contributed by atoms with E-state index in [1.165, 1.54) is 6.21 Å². The standard InChI is InChI=1S/C15H16N4O4/c1-2-23-14(21)13-11(17-15(22)18-13)9-16-19-12(20)8-10-6-4-3-5-7-10/h3-7,9H,2,8H2,1H3,(H,19,20)(H2,17,18,22)/b16-9-. The predicted molar refractivity (Wildman–Crippen MR) is 83.3 cm³/mol. The maximum atomic E-state index is 11.7. The van der Waals surface area contributed by atoms with Crippen molar-refractivity contribution in [3.63, 3.8) is 0 Å². The molecule has 0 fully saturated rings. The molecule has 0 bridgehead atoms. The van der Waals surface area contributed by atoms with Crippen LogP contribution in [0.25, 0.3) is 0 Å². The Labute approximate surface area is 131 Å². The number of hydrogen-bond acceptors (Lipinski definition) is 5. The van der Waals surface area contributed by atoms with E-state index in [4.69, 9.17) is 4.74 Å². The topological polar surface area (TPSA) is 116 Å². The lowest BCUT2D eigenvalue weighted by atomic mass is 10.1. The molecule has 0 radical (unpaired) electrons. The maximum absolute atomic E-state index is 11.7. The van der Waals surface area contributed by atoms with Gasteiger partial charge in [-0.3, -0.25) is 9.78 Å². The largest absolute Gasteiger partial charge is 0.461 e. The third-order valence-corrected chi connectivity index (χ3v) is 2.83. The van der Waals surface area contributed by atoms with Crippen LogP contribution in [0.15, 0.2) is 40.2 Å². The first-order chi connectivity index (χ1) is 11.1. The number of benzene rings is 1. The predicted octanol–water partition coefficient (Wildman–Crippen LogP) is 0.572. The number of hydrazone groups is 1. The van der Waals surface area contributed by atoms with Crippen LogP contribution in [0.1, 0.15) is 28.7 Å². The number of esters is 1. The van der Waals surface area contributed by atoms with Gasteiger partial charge in [0.05, 0.1) is 24.9 Å². The second-order valence-corrected chi connectivity index (χ2v) is 4.54. The van der Waals surface area contributed by atoms with Gasteiger partial charge in [-0.05, 0) is 12.5 Å². The van der Waals surface area contributed by atoms with Crippen LogP contribution in [0, 0.1) is 0 Å². The Morgan fingerprint density at radius 3 is 2.70 bits per heavy atom. The van der Waals surface area contributed by atoms with Gasteiger partial charge in [0.2, 0.25) is 5.91 Å². The van der Waals surface area contributed by atoms with Crippen molar-refractivity contribution in [3.8, 4) is 0 Å². The Bertz CT molecular complexity index is 761. The fraction of sp³-hybridized carbons (Fsp3) is 0.200. The zero-order valence-corrected chi connectivity index (χ0v) is 12.5. The molecule has 0 spiro atoms. The Morgan fingerprint density at radius 1 is 1.26 bits per heavy atom. The molecule has 8 heteroatoms. The molecule has 8 nitrogen and oxygen atoms in total. The van der Waals surface area contributed by atoms with E-state index in [1.807, 2.05) is 30.3 Å². The molecule has 0 saturated heterocycles. The molecular weight excluding hydrogens is 300 g/mol. The molecule has 1 heterocycles. The lowest BCUT2D eigenvalue weighted by Gasteiger charge is -2.00. The second kappa shape index (κ2) is 7.74. The Kier molecular flexibility index (Phi) is 5.45. The molecule has 0 saturated carbocycles. The Balaban J connectivity index is 1.99. The number of imidazole rings is 1. The molecule has 2 rings (SSSR count). The summed E-state index contributed by atoms with van der Waals surface area (Å²) >= 11 is 0. The molecule has 1 amide bonds. The molecule has 23 heavy (non-hydrogen) atoms. The van der Waals surface area contributed by atoms with E-state index in [9.17, 15) is 14.4 Å². The molecule has 1 aromatic heterocycles. The molecule has 120 valence electrons. The number of aromatic nitrogens is 2. The molecule has 0 aliphatic rings. The van der Waals surface area contributed by atoms with E-state index in [0.29, 0.717) is 0 Å². The zero-order chi connectivity index (χ0) is 16.7. The number of carbonyl (C=O) groups is 2. The van der Waals surface area contributed by atoms with Crippen LogP contribution in [0.4, 0.5) is 0 Å². The normalized spacial score (nSPS) is 10.7. The van der Waals surface area contributed by atoms with Crippen molar-refractivity contribution in [2.75, 3.05) is 6.61 Å². The number of amides is 1. The molecule has 0 unspecified atom stereocenters. The van der Waals surface area contributed by atoms with Crippen molar-refractivity contribution in [1.82, 2.24) is 15.4 Å². The van der Waals surface area contributed by atoms with Crippen LogP contribution in [0.2, 0.25) is 0 Å². The van der Waals surface area contributed by atoms with E-state index >= 15 is 0 Å². The average Bonchev–Trinajstić information content (AvgIpc) is 2.89. The van der Waals surface area contributed by atoms with Gasteiger partial charge in [0.15, 0.2) is 5.69 Å². The molecular formula is C15H16N4O4. The summed E-state index contributed by atoms with van der Waals surface area (Å²) in [5.41, 5.74) is 2.70. The van der Waals surface area contributed by atoms with E-state index in [0.717, 1.165) is 5.56 Å². The quantitative estimate of drug-likeness (QED) is 0.410. The van der Waals surface area contributed by atoms with Gasteiger partial charge in [-0.25, -0.2) is 15.0 Å². The van der Waals surface area contributed by atoms with E-state index in [-0.39, 0.29) is 30.3 Å². The monoisotopic (exact) mass is 316 g/mol. The van der Waals surface area contributed by atoms with Gasteiger partial charge in [-0.15, -0.1) is 0 Å². The van der Waals surface area contributed by atoms with Gasteiger partial charge in [-0.2, -0.15) is 5.10 Å². The molecule has 0 aliphatic heterocycles. The highest BCUT2D eigenvalue weighted by Crippen LogP contribution is 2.01. The number of rotatable bonds is 6. The van der Waals surface area contributed by atoms with E-state index in [2.05, 4.69) is 20.5 Å². The number of nitrogens with one attached hydrogen (secondary N) is 3. The lowest BCUT2D eigenvalue weighted by molar-refractivity contribution is -0.120. The number of nitrogens with zero attached hydrogens (tertiary/aromatic N) is 1. The first-order valence-electron chi connectivity index (χ1n) is 6.95. The minimum Gasteiger partial charge on any atom is -0.461 e. The molecule has 0 atom stereocenters. The van der Waals surface area contributed by atoms with Gasteiger partial charge >= 0.3 is 11.7 Å².